The average Bonchev–Trinajstić information content (AvgIpc) is 2.90. The predicted octanol–water partition coefficient (Wildman–Crippen LogP) is 3.79. The van der Waals surface area contributed by atoms with Gasteiger partial charge in [-0.3, -0.25) is 9.69 Å². The number of nitrogens with zero attached hydrogens (tertiary/aromatic N) is 3. The van der Waals surface area contributed by atoms with E-state index in [4.69, 9.17) is 9.47 Å². The number of methoxy groups -OCH3 is 2. The SMILES string of the molecule is COc1ccc(OC)c(/C=N\NC(=O)c2ccc(CN3CCN(c4ccccc4)CC3)cc2)c1. The number of anilines is 1. The van der Waals surface area contributed by atoms with Gasteiger partial charge in [0.2, 0.25) is 0 Å². The van der Waals surface area contributed by atoms with Gasteiger partial charge < -0.3 is 14.4 Å². The molecule has 3 aromatic carbocycles. The molecule has 0 aromatic heterocycles. The molecule has 1 N–H and O–H groups in total. The molecule has 1 amide bonds. The number of piperazine rings is 1. The van der Waals surface area contributed by atoms with E-state index in [0.717, 1.165) is 32.7 Å². The number of carbonyl (C=O) groups excluding carboxylic acids is 1. The summed E-state index contributed by atoms with van der Waals surface area (Å²) < 4.78 is 10.6. The molecule has 0 bridgehead atoms. The van der Waals surface area contributed by atoms with Gasteiger partial charge in [0.1, 0.15) is 11.5 Å². The van der Waals surface area contributed by atoms with E-state index in [2.05, 4.69) is 44.6 Å². The van der Waals surface area contributed by atoms with Crippen molar-refractivity contribution in [1.82, 2.24) is 10.3 Å². The van der Waals surface area contributed by atoms with Crippen LogP contribution in [0.5, 0.6) is 11.5 Å². The fourth-order valence-electron chi connectivity index (χ4n) is 3.99. The molecule has 1 aliphatic heterocycles. The molecular weight excluding hydrogens is 428 g/mol. The molecule has 7 nitrogen and oxygen atoms in total. The van der Waals surface area contributed by atoms with Gasteiger partial charge in [0.25, 0.3) is 5.91 Å². The van der Waals surface area contributed by atoms with E-state index in [-0.39, 0.29) is 5.91 Å². The fraction of sp³-hybridized carbons (Fsp3) is 0.259. The minimum Gasteiger partial charge on any atom is -0.497 e. The van der Waals surface area contributed by atoms with Crippen LogP contribution < -0.4 is 19.8 Å². The number of benzene rings is 3. The van der Waals surface area contributed by atoms with Crippen molar-refractivity contribution in [2.75, 3.05) is 45.3 Å². The first-order valence-corrected chi connectivity index (χ1v) is 11.3. The number of nitrogens with one attached hydrogen (secondary N) is 1. The highest BCUT2D eigenvalue weighted by Gasteiger charge is 2.17. The fourth-order valence-corrected chi connectivity index (χ4v) is 3.99. The van der Waals surface area contributed by atoms with E-state index in [0.29, 0.717) is 22.6 Å². The topological polar surface area (TPSA) is 66.4 Å². The molecule has 7 heteroatoms. The first-order valence-electron chi connectivity index (χ1n) is 11.3. The monoisotopic (exact) mass is 458 g/mol. The second kappa shape index (κ2) is 11.3. The third-order valence-corrected chi connectivity index (χ3v) is 5.92. The lowest BCUT2D eigenvalue weighted by Gasteiger charge is -2.36. The maximum atomic E-state index is 12.5. The highest BCUT2D eigenvalue weighted by atomic mass is 16.5. The zero-order valence-electron chi connectivity index (χ0n) is 19.6. The maximum absolute atomic E-state index is 12.5. The average molecular weight is 459 g/mol. The van der Waals surface area contributed by atoms with Crippen molar-refractivity contribution in [1.29, 1.82) is 0 Å². The van der Waals surface area contributed by atoms with Gasteiger partial charge in [-0.2, -0.15) is 5.10 Å². The highest BCUT2D eigenvalue weighted by Crippen LogP contribution is 2.22. The van der Waals surface area contributed by atoms with Crippen LogP contribution in [0.1, 0.15) is 21.5 Å². The summed E-state index contributed by atoms with van der Waals surface area (Å²) in [6.45, 7) is 4.93. The van der Waals surface area contributed by atoms with Gasteiger partial charge in [0.15, 0.2) is 0 Å². The Kier molecular flexibility index (Phi) is 7.78. The summed E-state index contributed by atoms with van der Waals surface area (Å²) in [6, 6.07) is 23.6. The van der Waals surface area contributed by atoms with Gasteiger partial charge in [-0.05, 0) is 48.0 Å². The van der Waals surface area contributed by atoms with E-state index in [1.807, 2.05) is 30.3 Å². The quantitative estimate of drug-likeness (QED) is 0.411. The molecule has 1 fully saturated rings. The van der Waals surface area contributed by atoms with Crippen LogP contribution in [0.4, 0.5) is 5.69 Å². The van der Waals surface area contributed by atoms with E-state index < -0.39 is 0 Å². The van der Waals surface area contributed by atoms with Gasteiger partial charge in [-0.1, -0.05) is 30.3 Å². The Morgan fingerprint density at radius 2 is 1.68 bits per heavy atom. The summed E-state index contributed by atoms with van der Waals surface area (Å²) in [7, 11) is 3.18. The van der Waals surface area contributed by atoms with E-state index in [9.17, 15) is 4.79 Å². The zero-order valence-corrected chi connectivity index (χ0v) is 19.6. The molecule has 34 heavy (non-hydrogen) atoms. The highest BCUT2D eigenvalue weighted by molar-refractivity contribution is 5.95. The van der Waals surface area contributed by atoms with Crippen molar-refractivity contribution < 1.29 is 14.3 Å². The number of carbonyl (C=O) groups is 1. The van der Waals surface area contributed by atoms with Gasteiger partial charge in [0.05, 0.1) is 20.4 Å². The lowest BCUT2D eigenvalue weighted by Crippen LogP contribution is -2.45. The third kappa shape index (κ3) is 5.94. The number of ether oxygens (including phenoxy) is 2. The van der Waals surface area contributed by atoms with Crippen LogP contribution in [0.3, 0.4) is 0 Å². The molecule has 1 aliphatic rings. The Morgan fingerprint density at radius 3 is 2.35 bits per heavy atom. The molecule has 3 aromatic rings. The van der Waals surface area contributed by atoms with Crippen LogP contribution in [-0.2, 0) is 6.54 Å². The number of hydrogen-bond acceptors (Lipinski definition) is 6. The molecule has 4 rings (SSSR count). The van der Waals surface area contributed by atoms with E-state index >= 15 is 0 Å². The molecule has 0 aliphatic carbocycles. The largest absolute Gasteiger partial charge is 0.497 e. The number of amides is 1. The predicted molar refractivity (Wildman–Crippen MR) is 135 cm³/mol. The summed E-state index contributed by atoms with van der Waals surface area (Å²) >= 11 is 0. The lowest BCUT2D eigenvalue weighted by molar-refractivity contribution is 0.0955. The number of para-hydroxylation sites is 1. The van der Waals surface area contributed by atoms with Crippen LogP contribution in [0.15, 0.2) is 77.9 Å². The van der Waals surface area contributed by atoms with E-state index in [1.165, 1.54) is 11.3 Å². The molecule has 1 saturated heterocycles. The third-order valence-electron chi connectivity index (χ3n) is 5.92. The molecule has 0 radical (unpaired) electrons. The minimum absolute atomic E-state index is 0.263. The van der Waals surface area contributed by atoms with Crippen molar-refractivity contribution >= 4 is 17.8 Å². The van der Waals surface area contributed by atoms with Crippen LogP contribution in [0.2, 0.25) is 0 Å². The van der Waals surface area contributed by atoms with Crippen molar-refractivity contribution in [3.05, 3.63) is 89.5 Å². The standard InChI is InChI=1S/C27H30N4O3/c1-33-25-12-13-26(34-2)23(18-25)19-28-29-27(32)22-10-8-21(9-11-22)20-30-14-16-31(17-15-30)24-6-4-3-5-7-24/h3-13,18-19H,14-17,20H2,1-2H3,(H,29,32)/b28-19-. The summed E-state index contributed by atoms with van der Waals surface area (Å²) in [5.41, 5.74) is 6.32. The summed E-state index contributed by atoms with van der Waals surface area (Å²) in [6.07, 6.45) is 1.54. The Labute approximate surface area is 200 Å². The minimum atomic E-state index is -0.263. The Bertz CT molecular complexity index is 1110. The lowest BCUT2D eigenvalue weighted by atomic mass is 10.1. The zero-order chi connectivity index (χ0) is 23.8. The maximum Gasteiger partial charge on any atom is 0.271 e. The summed E-state index contributed by atoms with van der Waals surface area (Å²) in [5.74, 6) is 1.07. The molecule has 0 unspecified atom stereocenters. The number of rotatable bonds is 8. The second-order valence-corrected chi connectivity index (χ2v) is 8.10. The van der Waals surface area contributed by atoms with Crippen molar-refractivity contribution in [2.24, 2.45) is 5.10 Å². The van der Waals surface area contributed by atoms with Crippen molar-refractivity contribution in [3.8, 4) is 11.5 Å². The molecule has 0 atom stereocenters. The van der Waals surface area contributed by atoms with Gasteiger partial charge in [-0.25, -0.2) is 5.43 Å². The Hall–Kier alpha value is -3.84. The first kappa shape index (κ1) is 23.3. The first-order chi connectivity index (χ1) is 16.7. The molecule has 176 valence electrons. The van der Waals surface area contributed by atoms with Crippen LogP contribution in [0, 0.1) is 0 Å². The molecule has 1 heterocycles. The smallest absolute Gasteiger partial charge is 0.271 e. The Morgan fingerprint density at radius 1 is 0.941 bits per heavy atom. The van der Waals surface area contributed by atoms with E-state index in [1.54, 1.807) is 38.6 Å². The molecule has 0 saturated carbocycles. The summed E-state index contributed by atoms with van der Waals surface area (Å²) in [5, 5.41) is 4.08. The van der Waals surface area contributed by atoms with Gasteiger partial charge in [-0.15, -0.1) is 0 Å². The molecule has 0 spiro atoms. The number of hydrazone groups is 1. The van der Waals surface area contributed by atoms with Gasteiger partial charge >= 0.3 is 0 Å². The van der Waals surface area contributed by atoms with Crippen molar-refractivity contribution in [2.45, 2.75) is 6.54 Å². The van der Waals surface area contributed by atoms with Crippen LogP contribution >= 0.6 is 0 Å². The second-order valence-electron chi connectivity index (χ2n) is 8.10. The normalized spacial score (nSPS) is 14.2. The Balaban J connectivity index is 1.28. The van der Waals surface area contributed by atoms with Crippen molar-refractivity contribution in [3.63, 3.8) is 0 Å². The van der Waals surface area contributed by atoms with Crippen LogP contribution in [-0.4, -0.2) is 57.4 Å². The summed E-state index contributed by atoms with van der Waals surface area (Å²) in [4.78, 5) is 17.4. The van der Waals surface area contributed by atoms with Gasteiger partial charge in [0, 0.05) is 49.5 Å². The number of hydrogen-bond donors (Lipinski definition) is 1. The molecular formula is C27H30N4O3. The van der Waals surface area contributed by atoms with Crippen LogP contribution in [0.25, 0.3) is 0 Å².